The van der Waals surface area contributed by atoms with Crippen LogP contribution in [0.15, 0.2) is 66.5 Å². The second-order valence-corrected chi connectivity index (χ2v) is 7.17. The number of aryl methyl sites for hydroxylation is 1. The highest BCUT2D eigenvalue weighted by Crippen LogP contribution is 2.27. The number of hydrogen-bond acceptors (Lipinski definition) is 7. The van der Waals surface area contributed by atoms with Crippen LogP contribution >= 0.6 is 0 Å². The molecule has 0 aliphatic carbocycles. The number of urea groups is 1. The normalized spacial score (nSPS) is 13.4. The summed E-state index contributed by atoms with van der Waals surface area (Å²) in [5.41, 5.74) is 16.5. The van der Waals surface area contributed by atoms with E-state index in [9.17, 15) is 4.79 Å². The number of nitrogens with two attached hydrogens (primary N) is 2. The molecule has 0 radical (unpaired) electrons. The Balaban J connectivity index is 1.54. The van der Waals surface area contributed by atoms with Gasteiger partial charge in [0.15, 0.2) is 0 Å². The van der Waals surface area contributed by atoms with Crippen LogP contribution < -0.4 is 16.8 Å². The number of hydrogen-bond donors (Lipinski definition) is 4. The summed E-state index contributed by atoms with van der Waals surface area (Å²) in [4.78, 5) is 26.4. The van der Waals surface area contributed by atoms with Gasteiger partial charge in [0.1, 0.15) is 5.82 Å². The third-order valence-corrected chi connectivity index (χ3v) is 5.17. The van der Waals surface area contributed by atoms with E-state index in [0.717, 1.165) is 16.7 Å². The minimum atomic E-state index is -0.347. The Kier molecular flexibility index (Phi) is 5.31. The minimum absolute atomic E-state index is 0.134. The molecule has 0 atom stereocenters. The number of carbonyl (C=O) groups is 1. The number of nitrogen functional groups attached to an aromatic ring is 1. The average Bonchev–Trinajstić information content (AvgIpc) is 3.17. The Morgan fingerprint density at radius 1 is 1.13 bits per heavy atom. The summed E-state index contributed by atoms with van der Waals surface area (Å²) in [6, 6.07) is 9.33. The molecule has 9 heteroatoms. The molecule has 0 fully saturated rings. The van der Waals surface area contributed by atoms with Gasteiger partial charge in [0.05, 0.1) is 5.71 Å². The number of anilines is 2. The molecule has 1 aliphatic heterocycles. The van der Waals surface area contributed by atoms with Crippen LogP contribution in [0.3, 0.4) is 0 Å². The molecule has 3 aromatic rings. The highest BCUT2D eigenvalue weighted by atomic mass is 16.2. The standard InChI is InChI=1S/C22H22N8O/c1-13-4-5-14(15-3-2-7-26-10-15)9-18(13)29-22(31)30-8-6-17(20(30)24)19(23)16-11-27-21(25)28-12-16/h2-5,7,9-12,23H,6,8,24H2,1H3,(H,29,31)(H2,25,27,28). The van der Waals surface area contributed by atoms with Crippen molar-refractivity contribution in [3.63, 3.8) is 0 Å². The molecule has 6 N–H and O–H groups in total. The number of aromatic nitrogens is 3. The third-order valence-electron chi connectivity index (χ3n) is 5.17. The minimum Gasteiger partial charge on any atom is -0.385 e. The van der Waals surface area contributed by atoms with E-state index in [4.69, 9.17) is 16.9 Å². The fourth-order valence-electron chi connectivity index (χ4n) is 3.39. The SMILES string of the molecule is Cc1ccc(-c2cccnc2)cc1NC(=O)N1CCC(C(=N)c2cnc(N)nc2)=C1N. The van der Waals surface area contributed by atoms with Crippen molar-refractivity contribution in [3.8, 4) is 11.1 Å². The smallest absolute Gasteiger partial charge is 0.327 e. The molecule has 4 rings (SSSR count). The van der Waals surface area contributed by atoms with E-state index in [2.05, 4.69) is 20.3 Å². The Morgan fingerprint density at radius 3 is 2.61 bits per heavy atom. The van der Waals surface area contributed by atoms with Crippen LogP contribution in [0.5, 0.6) is 0 Å². The zero-order valence-corrected chi connectivity index (χ0v) is 17.0. The maximum atomic E-state index is 13.0. The predicted molar refractivity (Wildman–Crippen MR) is 119 cm³/mol. The van der Waals surface area contributed by atoms with Gasteiger partial charge in [-0.2, -0.15) is 0 Å². The van der Waals surface area contributed by atoms with E-state index in [1.807, 2.05) is 37.3 Å². The Labute approximate surface area is 179 Å². The van der Waals surface area contributed by atoms with Gasteiger partial charge in [-0.1, -0.05) is 18.2 Å². The van der Waals surface area contributed by atoms with Crippen molar-refractivity contribution in [2.45, 2.75) is 13.3 Å². The van der Waals surface area contributed by atoms with E-state index in [-0.39, 0.29) is 23.5 Å². The monoisotopic (exact) mass is 414 g/mol. The molecule has 0 spiro atoms. The lowest BCUT2D eigenvalue weighted by Gasteiger charge is -2.19. The summed E-state index contributed by atoms with van der Waals surface area (Å²) in [7, 11) is 0. The number of rotatable bonds is 4. The molecule has 0 unspecified atom stereocenters. The van der Waals surface area contributed by atoms with Gasteiger partial charge in [0, 0.05) is 53.7 Å². The van der Waals surface area contributed by atoms with Crippen LogP contribution in [0, 0.1) is 12.3 Å². The fraction of sp³-hybridized carbons (Fsp3) is 0.136. The van der Waals surface area contributed by atoms with Gasteiger partial charge in [-0.25, -0.2) is 14.8 Å². The molecule has 1 aliphatic rings. The van der Waals surface area contributed by atoms with Crippen molar-refractivity contribution in [1.82, 2.24) is 19.9 Å². The zero-order chi connectivity index (χ0) is 22.0. The van der Waals surface area contributed by atoms with E-state index < -0.39 is 0 Å². The van der Waals surface area contributed by atoms with Crippen molar-refractivity contribution in [2.75, 3.05) is 17.6 Å². The van der Waals surface area contributed by atoms with Crippen LogP contribution in [-0.2, 0) is 0 Å². The van der Waals surface area contributed by atoms with Crippen molar-refractivity contribution in [3.05, 3.63) is 77.6 Å². The van der Waals surface area contributed by atoms with Crippen LogP contribution in [0.4, 0.5) is 16.4 Å². The fourth-order valence-corrected chi connectivity index (χ4v) is 3.39. The first-order valence-electron chi connectivity index (χ1n) is 9.69. The number of amides is 2. The first kappa shape index (κ1) is 20.0. The van der Waals surface area contributed by atoms with Crippen molar-refractivity contribution >= 4 is 23.4 Å². The second kappa shape index (κ2) is 8.23. The number of nitrogens with one attached hydrogen (secondary N) is 2. The molecule has 2 amide bonds. The van der Waals surface area contributed by atoms with Gasteiger partial charge in [-0.3, -0.25) is 15.3 Å². The lowest BCUT2D eigenvalue weighted by Crippen LogP contribution is -2.35. The lowest BCUT2D eigenvalue weighted by molar-refractivity contribution is 0.227. The predicted octanol–water partition coefficient (Wildman–Crippen LogP) is 2.91. The van der Waals surface area contributed by atoms with Gasteiger partial charge in [-0.15, -0.1) is 0 Å². The van der Waals surface area contributed by atoms with Crippen LogP contribution in [-0.4, -0.2) is 38.1 Å². The van der Waals surface area contributed by atoms with E-state index in [0.29, 0.717) is 29.8 Å². The van der Waals surface area contributed by atoms with Crippen molar-refractivity contribution < 1.29 is 4.79 Å². The van der Waals surface area contributed by atoms with E-state index in [1.54, 1.807) is 12.4 Å². The molecule has 9 nitrogen and oxygen atoms in total. The largest absolute Gasteiger partial charge is 0.385 e. The Hall–Kier alpha value is -4.27. The third kappa shape index (κ3) is 4.06. The van der Waals surface area contributed by atoms with Gasteiger partial charge in [0.25, 0.3) is 0 Å². The summed E-state index contributed by atoms with van der Waals surface area (Å²) < 4.78 is 0. The second-order valence-electron chi connectivity index (χ2n) is 7.17. The van der Waals surface area contributed by atoms with Crippen molar-refractivity contribution in [1.29, 1.82) is 5.41 Å². The molecular weight excluding hydrogens is 392 g/mol. The average molecular weight is 414 g/mol. The zero-order valence-electron chi connectivity index (χ0n) is 17.0. The van der Waals surface area contributed by atoms with Crippen LogP contribution in [0.1, 0.15) is 17.5 Å². The number of carbonyl (C=O) groups excluding carboxylic acids is 1. The highest BCUT2D eigenvalue weighted by Gasteiger charge is 2.28. The first-order valence-corrected chi connectivity index (χ1v) is 9.69. The molecule has 1 aromatic carbocycles. The summed E-state index contributed by atoms with van der Waals surface area (Å²) in [5.74, 6) is 0.384. The summed E-state index contributed by atoms with van der Waals surface area (Å²) >= 11 is 0. The molecule has 3 heterocycles. The van der Waals surface area contributed by atoms with Crippen LogP contribution in [0.2, 0.25) is 0 Å². The molecule has 156 valence electrons. The number of benzene rings is 1. The van der Waals surface area contributed by atoms with Crippen molar-refractivity contribution in [2.24, 2.45) is 5.73 Å². The molecule has 0 saturated heterocycles. The topological polar surface area (TPSA) is 147 Å². The lowest BCUT2D eigenvalue weighted by atomic mass is 10.0. The van der Waals surface area contributed by atoms with E-state index >= 15 is 0 Å². The summed E-state index contributed by atoms with van der Waals surface area (Å²) in [5, 5.41) is 11.4. The van der Waals surface area contributed by atoms with Crippen LogP contribution in [0.25, 0.3) is 11.1 Å². The maximum Gasteiger partial charge on any atom is 0.327 e. The first-order chi connectivity index (χ1) is 14.9. The summed E-state index contributed by atoms with van der Waals surface area (Å²) in [6.45, 7) is 2.31. The Bertz CT molecular complexity index is 1170. The summed E-state index contributed by atoms with van der Waals surface area (Å²) in [6.07, 6.45) is 6.91. The molecule has 0 saturated carbocycles. The molecule has 0 bridgehead atoms. The van der Waals surface area contributed by atoms with Gasteiger partial charge in [0.2, 0.25) is 5.95 Å². The molecule has 31 heavy (non-hydrogen) atoms. The molecular formula is C22H22N8O. The molecule has 2 aromatic heterocycles. The quantitative estimate of drug-likeness (QED) is 0.483. The highest BCUT2D eigenvalue weighted by molar-refractivity contribution is 6.11. The maximum absolute atomic E-state index is 13.0. The van der Waals surface area contributed by atoms with Gasteiger partial charge < -0.3 is 16.8 Å². The number of nitrogens with zero attached hydrogens (tertiary/aromatic N) is 4. The van der Waals surface area contributed by atoms with Gasteiger partial charge in [-0.05, 0) is 36.6 Å². The number of pyridine rings is 1. The van der Waals surface area contributed by atoms with E-state index in [1.165, 1.54) is 17.3 Å². The Morgan fingerprint density at radius 2 is 1.90 bits per heavy atom. The van der Waals surface area contributed by atoms with Gasteiger partial charge >= 0.3 is 6.03 Å².